The highest BCUT2D eigenvalue weighted by molar-refractivity contribution is 7.14. The number of rotatable bonds is 6. The second-order valence-electron chi connectivity index (χ2n) is 6.58. The van der Waals surface area contributed by atoms with Crippen molar-refractivity contribution in [1.29, 1.82) is 0 Å². The maximum atomic E-state index is 12.6. The monoisotopic (exact) mass is 409 g/mol. The van der Waals surface area contributed by atoms with Gasteiger partial charge in [0.25, 0.3) is 5.91 Å². The molecule has 0 saturated carbocycles. The Morgan fingerprint density at radius 3 is 2.69 bits per heavy atom. The molecule has 6 nitrogen and oxygen atoms in total. The first kappa shape index (κ1) is 19.4. The Morgan fingerprint density at radius 1 is 1.17 bits per heavy atom. The van der Waals surface area contributed by atoms with Crippen LogP contribution in [0, 0.1) is 0 Å². The fraction of sp³-hybridized carbons (Fsp3) is 0.273. The van der Waals surface area contributed by atoms with Crippen LogP contribution >= 0.6 is 11.3 Å². The summed E-state index contributed by atoms with van der Waals surface area (Å²) in [7, 11) is 0. The molecule has 1 saturated heterocycles. The van der Waals surface area contributed by atoms with E-state index in [-0.39, 0.29) is 5.91 Å². The lowest BCUT2D eigenvalue weighted by Gasteiger charge is -2.26. The summed E-state index contributed by atoms with van der Waals surface area (Å²) in [6.07, 6.45) is 0. The third-order valence-corrected chi connectivity index (χ3v) is 5.55. The Morgan fingerprint density at radius 2 is 1.93 bits per heavy atom. The molecule has 1 aromatic heterocycles. The standard InChI is InChI=1S/C22H23N3O3S/c1-2-28-20-6-4-3-5-18(20)21(26)23-17-9-7-16(8-10-17)19-15-29-22(24-19)25-11-13-27-14-12-25/h3-10,15H,2,11-14H2,1H3,(H,23,26). The maximum absolute atomic E-state index is 12.6. The molecule has 0 spiro atoms. The van der Waals surface area contributed by atoms with Crippen LogP contribution in [0.2, 0.25) is 0 Å². The predicted octanol–water partition coefficient (Wildman–Crippen LogP) is 4.30. The van der Waals surface area contributed by atoms with Crippen LogP contribution < -0.4 is 15.0 Å². The highest BCUT2D eigenvalue weighted by atomic mass is 32.1. The highest BCUT2D eigenvalue weighted by Gasteiger charge is 2.16. The van der Waals surface area contributed by atoms with Crippen LogP contribution in [0.4, 0.5) is 10.8 Å². The average molecular weight is 410 g/mol. The van der Waals surface area contributed by atoms with Gasteiger partial charge in [-0.05, 0) is 31.2 Å². The lowest BCUT2D eigenvalue weighted by Crippen LogP contribution is -2.36. The lowest BCUT2D eigenvalue weighted by atomic mass is 10.1. The molecular formula is C22H23N3O3S. The Bertz CT molecular complexity index is 965. The van der Waals surface area contributed by atoms with Gasteiger partial charge in [-0.25, -0.2) is 4.98 Å². The zero-order chi connectivity index (χ0) is 20.1. The number of thiazole rings is 1. The van der Waals surface area contributed by atoms with Gasteiger partial charge in [-0.15, -0.1) is 11.3 Å². The Labute approximate surface area is 174 Å². The molecular weight excluding hydrogens is 386 g/mol. The van der Waals surface area contributed by atoms with Gasteiger partial charge in [-0.2, -0.15) is 0 Å². The molecule has 150 valence electrons. The molecule has 2 aromatic carbocycles. The topological polar surface area (TPSA) is 63.7 Å². The quantitative estimate of drug-likeness (QED) is 0.658. The third-order valence-electron chi connectivity index (χ3n) is 4.64. The van der Waals surface area contributed by atoms with E-state index in [9.17, 15) is 4.79 Å². The van der Waals surface area contributed by atoms with Crippen molar-refractivity contribution in [2.45, 2.75) is 6.92 Å². The third kappa shape index (κ3) is 4.58. The summed E-state index contributed by atoms with van der Waals surface area (Å²) < 4.78 is 10.9. The summed E-state index contributed by atoms with van der Waals surface area (Å²) in [4.78, 5) is 19.6. The number of anilines is 2. The minimum Gasteiger partial charge on any atom is -0.493 e. The zero-order valence-corrected chi connectivity index (χ0v) is 17.1. The molecule has 0 aliphatic carbocycles. The normalized spacial score (nSPS) is 13.9. The van der Waals surface area contributed by atoms with Crippen LogP contribution in [0.15, 0.2) is 53.9 Å². The smallest absolute Gasteiger partial charge is 0.259 e. The molecule has 0 bridgehead atoms. The van der Waals surface area contributed by atoms with E-state index in [4.69, 9.17) is 14.5 Å². The van der Waals surface area contributed by atoms with Crippen LogP contribution in [-0.4, -0.2) is 43.8 Å². The van der Waals surface area contributed by atoms with Gasteiger partial charge in [0.15, 0.2) is 5.13 Å². The number of hydrogen-bond acceptors (Lipinski definition) is 6. The van der Waals surface area contributed by atoms with Crippen molar-refractivity contribution in [1.82, 2.24) is 4.98 Å². The van der Waals surface area contributed by atoms with Crippen LogP contribution in [0.3, 0.4) is 0 Å². The highest BCUT2D eigenvalue weighted by Crippen LogP contribution is 2.29. The number of amides is 1. The van der Waals surface area contributed by atoms with E-state index in [0.717, 1.165) is 48.4 Å². The SMILES string of the molecule is CCOc1ccccc1C(=O)Nc1ccc(-c2csc(N3CCOCC3)n2)cc1. The summed E-state index contributed by atoms with van der Waals surface area (Å²) in [6, 6.07) is 15.0. The maximum Gasteiger partial charge on any atom is 0.259 e. The number of hydrogen-bond donors (Lipinski definition) is 1. The Hall–Kier alpha value is -2.90. The van der Waals surface area contributed by atoms with Crippen molar-refractivity contribution in [2.75, 3.05) is 43.1 Å². The van der Waals surface area contributed by atoms with E-state index in [2.05, 4.69) is 15.6 Å². The molecule has 0 unspecified atom stereocenters. The number of carbonyl (C=O) groups is 1. The molecule has 1 amide bonds. The molecule has 0 radical (unpaired) electrons. The van der Waals surface area contributed by atoms with Gasteiger partial charge >= 0.3 is 0 Å². The first-order valence-corrected chi connectivity index (χ1v) is 10.5. The first-order valence-electron chi connectivity index (χ1n) is 9.66. The predicted molar refractivity (Wildman–Crippen MR) is 116 cm³/mol. The zero-order valence-electron chi connectivity index (χ0n) is 16.3. The van der Waals surface area contributed by atoms with Gasteiger partial charge in [0, 0.05) is 29.7 Å². The van der Waals surface area contributed by atoms with E-state index >= 15 is 0 Å². The van der Waals surface area contributed by atoms with Gasteiger partial charge < -0.3 is 19.7 Å². The number of aromatic nitrogens is 1. The largest absolute Gasteiger partial charge is 0.493 e. The van der Waals surface area contributed by atoms with Crippen LogP contribution in [-0.2, 0) is 4.74 Å². The number of benzene rings is 2. The van der Waals surface area contributed by atoms with E-state index in [0.29, 0.717) is 17.9 Å². The summed E-state index contributed by atoms with van der Waals surface area (Å²) >= 11 is 1.64. The molecule has 0 atom stereocenters. The molecule has 1 aliphatic heterocycles. The molecule has 2 heterocycles. The molecule has 1 aliphatic rings. The van der Waals surface area contributed by atoms with Crippen molar-refractivity contribution in [3.8, 4) is 17.0 Å². The molecule has 1 N–H and O–H groups in total. The van der Waals surface area contributed by atoms with Gasteiger partial charge in [0.05, 0.1) is 31.1 Å². The first-order chi connectivity index (χ1) is 14.2. The molecule has 3 aromatic rings. The minimum atomic E-state index is -0.190. The number of nitrogens with one attached hydrogen (secondary N) is 1. The Balaban J connectivity index is 1.44. The minimum absolute atomic E-state index is 0.190. The molecule has 7 heteroatoms. The van der Waals surface area contributed by atoms with Gasteiger partial charge in [0.2, 0.25) is 0 Å². The summed E-state index contributed by atoms with van der Waals surface area (Å²) in [5.74, 6) is 0.396. The van der Waals surface area contributed by atoms with E-state index < -0.39 is 0 Å². The van der Waals surface area contributed by atoms with Gasteiger partial charge in [0.1, 0.15) is 5.75 Å². The lowest BCUT2D eigenvalue weighted by molar-refractivity contribution is 0.102. The average Bonchev–Trinajstić information content (AvgIpc) is 3.26. The summed E-state index contributed by atoms with van der Waals surface area (Å²) in [6.45, 7) is 5.66. The molecule has 1 fully saturated rings. The fourth-order valence-electron chi connectivity index (χ4n) is 3.16. The van der Waals surface area contributed by atoms with Crippen molar-refractivity contribution >= 4 is 28.1 Å². The van der Waals surface area contributed by atoms with Crippen molar-refractivity contribution in [2.24, 2.45) is 0 Å². The number of ether oxygens (including phenoxy) is 2. The Kier molecular flexibility index (Phi) is 6.07. The summed E-state index contributed by atoms with van der Waals surface area (Å²) in [5, 5.41) is 6.02. The van der Waals surface area contributed by atoms with Gasteiger partial charge in [-0.1, -0.05) is 24.3 Å². The van der Waals surface area contributed by atoms with E-state index in [1.807, 2.05) is 43.3 Å². The molecule has 29 heavy (non-hydrogen) atoms. The number of morpholine rings is 1. The number of nitrogens with zero attached hydrogens (tertiary/aromatic N) is 2. The summed E-state index contributed by atoms with van der Waals surface area (Å²) in [5.41, 5.74) is 3.21. The van der Waals surface area contributed by atoms with Crippen LogP contribution in [0.1, 0.15) is 17.3 Å². The van der Waals surface area contributed by atoms with Crippen molar-refractivity contribution in [3.63, 3.8) is 0 Å². The van der Waals surface area contributed by atoms with Crippen molar-refractivity contribution in [3.05, 3.63) is 59.5 Å². The second-order valence-corrected chi connectivity index (χ2v) is 7.41. The van der Waals surface area contributed by atoms with E-state index in [1.54, 1.807) is 23.5 Å². The number of carbonyl (C=O) groups excluding carboxylic acids is 1. The van der Waals surface area contributed by atoms with Crippen LogP contribution in [0.25, 0.3) is 11.3 Å². The fourth-order valence-corrected chi connectivity index (χ4v) is 4.04. The van der Waals surface area contributed by atoms with E-state index in [1.165, 1.54) is 0 Å². The van der Waals surface area contributed by atoms with Gasteiger partial charge in [-0.3, -0.25) is 4.79 Å². The van der Waals surface area contributed by atoms with Crippen molar-refractivity contribution < 1.29 is 14.3 Å². The van der Waals surface area contributed by atoms with Crippen LogP contribution in [0.5, 0.6) is 5.75 Å². The molecule has 4 rings (SSSR count). The number of para-hydroxylation sites is 1. The second kappa shape index (κ2) is 9.07.